The SMILES string of the molecule is [2H]Cc1nc2cccc(N)c2c(=O)n1C1(C)C(=O)NC(=O)C([2H])([2H])C1([2H])[2H]. The number of anilines is 1. The zero-order chi connectivity index (χ0) is 20.4. The van der Waals surface area contributed by atoms with Crippen LogP contribution in [-0.2, 0) is 15.1 Å². The van der Waals surface area contributed by atoms with Crippen molar-refractivity contribution in [3.05, 3.63) is 34.4 Å². The molecular weight excluding hydrogens is 284 g/mol. The van der Waals surface area contributed by atoms with Crippen LogP contribution in [0.1, 0.15) is 32.3 Å². The third kappa shape index (κ3) is 1.89. The minimum Gasteiger partial charge on any atom is -0.398 e. The molecule has 1 saturated heterocycles. The van der Waals surface area contributed by atoms with E-state index in [1.165, 1.54) is 12.1 Å². The molecule has 2 aromatic rings. The number of aryl methyl sites for hydroxylation is 1. The van der Waals surface area contributed by atoms with Gasteiger partial charge < -0.3 is 5.73 Å². The number of carbonyl (C=O) groups is 2. The molecule has 1 unspecified atom stereocenters. The molecule has 2 heterocycles. The maximum absolute atomic E-state index is 13.2. The number of benzene rings is 1. The Labute approximate surface area is 133 Å². The summed E-state index contributed by atoms with van der Waals surface area (Å²) in [5, 5.41) is 1.70. The third-order valence-electron chi connectivity index (χ3n) is 3.54. The summed E-state index contributed by atoms with van der Waals surface area (Å²) in [7, 11) is 0. The zero-order valence-corrected chi connectivity index (χ0v) is 11.6. The monoisotopic (exact) mass is 305 g/mol. The predicted octanol–water partition coefficient (Wildman–Crippen LogP) is 0.439. The minimum atomic E-state index is -3.12. The third-order valence-corrected chi connectivity index (χ3v) is 3.54. The number of carbonyl (C=O) groups excluding carboxylic acids is 2. The van der Waals surface area contributed by atoms with Crippen molar-refractivity contribution >= 4 is 28.4 Å². The largest absolute Gasteiger partial charge is 0.398 e. The fourth-order valence-electron chi connectivity index (χ4n) is 2.41. The van der Waals surface area contributed by atoms with Crippen molar-refractivity contribution in [1.82, 2.24) is 14.9 Å². The van der Waals surface area contributed by atoms with E-state index in [1.807, 2.05) is 0 Å². The molecule has 7 heteroatoms. The lowest BCUT2D eigenvalue weighted by molar-refractivity contribution is -0.140. The lowest BCUT2D eigenvalue weighted by Crippen LogP contribution is -2.56. The van der Waals surface area contributed by atoms with E-state index in [0.717, 1.165) is 6.92 Å². The van der Waals surface area contributed by atoms with Crippen LogP contribution in [0.15, 0.2) is 23.0 Å². The second-order valence-electron chi connectivity index (χ2n) is 5.02. The minimum absolute atomic E-state index is 0.0368. The van der Waals surface area contributed by atoms with E-state index in [0.29, 0.717) is 4.57 Å². The van der Waals surface area contributed by atoms with Crippen molar-refractivity contribution < 1.29 is 16.4 Å². The highest BCUT2D eigenvalue weighted by atomic mass is 16.2. The van der Waals surface area contributed by atoms with Crippen molar-refractivity contribution in [3.63, 3.8) is 0 Å². The number of rotatable bonds is 1. The van der Waals surface area contributed by atoms with Crippen molar-refractivity contribution in [1.29, 1.82) is 0 Å². The Morgan fingerprint density at radius 3 is 2.95 bits per heavy atom. The first-order valence-corrected chi connectivity index (χ1v) is 6.37. The molecule has 0 radical (unpaired) electrons. The molecule has 7 nitrogen and oxygen atoms in total. The first-order valence-electron chi connectivity index (χ1n) is 9.07. The van der Waals surface area contributed by atoms with E-state index >= 15 is 0 Å². The van der Waals surface area contributed by atoms with Crippen LogP contribution in [0.4, 0.5) is 5.69 Å². The maximum Gasteiger partial charge on any atom is 0.264 e. The van der Waals surface area contributed by atoms with Crippen LogP contribution >= 0.6 is 0 Å². The fourth-order valence-corrected chi connectivity index (χ4v) is 2.41. The Bertz CT molecular complexity index is 1050. The van der Waals surface area contributed by atoms with Gasteiger partial charge in [-0.05, 0) is 32.3 Å². The number of hydrogen-bond donors (Lipinski definition) is 2. The van der Waals surface area contributed by atoms with Gasteiger partial charge in [0.05, 0.1) is 10.9 Å². The quantitative estimate of drug-likeness (QED) is 0.587. The molecule has 0 aliphatic carbocycles. The Morgan fingerprint density at radius 1 is 1.45 bits per heavy atom. The van der Waals surface area contributed by atoms with E-state index < -0.39 is 42.6 Å². The number of nitrogens with one attached hydrogen (secondary N) is 1. The van der Waals surface area contributed by atoms with Crippen LogP contribution in [-0.4, -0.2) is 21.4 Å². The Balaban J connectivity index is 2.48. The number of nitrogens with two attached hydrogens (primary N) is 1. The average Bonchev–Trinajstić information content (AvgIpc) is 2.59. The van der Waals surface area contributed by atoms with Crippen LogP contribution in [0, 0.1) is 6.90 Å². The van der Waals surface area contributed by atoms with Crippen LogP contribution in [0.5, 0.6) is 0 Å². The number of amides is 2. The summed E-state index contributed by atoms with van der Waals surface area (Å²) in [5.41, 5.74) is 2.67. The summed E-state index contributed by atoms with van der Waals surface area (Å²) in [5.74, 6) is -2.91. The van der Waals surface area contributed by atoms with E-state index in [4.69, 9.17) is 12.6 Å². The van der Waals surface area contributed by atoms with Crippen LogP contribution in [0.2, 0.25) is 0 Å². The van der Waals surface area contributed by atoms with E-state index in [-0.39, 0.29) is 22.4 Å². The number of imide groups is 1. The predicted molar refractivity (Wildman–Crippen MR) is 81.2 cm³/mol. The summed E-state index contributed by atoms with van der Waals surface area (Å²) in [4.78, 5) is 41.8. The lowest BCUT2D eigenvalue weighted by Gasteiger charge is -2.34. The highest BCUT2D eigenvalue weighted by Gasteiger charge is 2.42. The number of fused-ring (bicyclic) bond motifs is 1. The number of nitrogen functional groups attached to an aromatic ring is 1. The summed E-state index contributed by atoms with van der Waals surface area (Å²) < 4.78 is 40.5. The molecule has 3 N–H and O–H groups in total. The van der Waals surface area contributed by atoms with Gasteiger partial charge in [0, 0.05) is 18.9 Å². The Morgan fingerprint density at radius 2 is 2.23 bits per heavy atom. The van der Waals surface area contributed by atoms with Crippen molar-refractivity contribution in [3.8, 4) is 0 Å². The summed E-state index contributed by atoms with van der Waals surface area (Å²) in [6, 6.07) is 4.46. The molecule has 2 amide bonds. The van der Waals surface area contributed by atoms with Crippen molar-refractivity contribution in [2.45, 2.75) is 32.1 Å². The average molecular weight is 305 g/mol. The Hall–Kier alpha value is -2.70. The number of hydrogen-bond acceptors (Lipinski definition) is 5. The van der Waals surface area contributed by atoms with Gasteiger partial charge in [0.15, 0.2) is 0 Å². The van der Waals surface area contributed by atoms with Gasteiger partial charge in [-0.25, -0.2) is 4.98 Å². The summed E-state index contributed by atoms with van der Waals surface area (Å²) >= 11 is 0. The first kappa shape index (κ1) is 9.34. The van der Waals surface area contributed by atoms with Crippen LogP contribution in [0.3, 0.4) is 0 Å². The zero-order valence-electron chi connectivity index (χ0n) is 16.6. The molecule has 0 bridgehead atoms. The van der Waals surface area contributed by atoms with Gasteiger partial charge in [-0.3, -0.25) is 24.3 Å². The summed E-state index contributed by atoms with van der Waals surface area (Å²) in [6.45, 7) is 0.412. The van der Waals surface area contributed by atoms with Crippen molar-refractivity contribution in [2.24, 2.45) is 0 Å². The number of piperidine rings is 1. The van der Waals surface area contributed by atoms with Gasteiger partial charge in [0.25, 0.3) is 11.5 Å². The molecule has 1 aliphatic rings. The molecule has 1 atom stereocenters. The Kier molecular flexibility index (Phi) is 1.98. The molecule has 22 heavy (non-hydrogen) atoms. The first-order chi connectivity index (χ1) is 12.4. The molecule has 3 rings (SSSR count). The highest BCUT2D eigenvalue weighted by molar-refractivity contribution is 6.01. The normalized spacial score (nSPS) is 29.8. The molecule has 114 valence electrons. The highest BCUT2D eigenvalue weighted by Crippen LogP contribution is 2.27. The molecule has 1 aromatic carbocycles. The lowest BCUT2D eigenvalue weighted by atomic mass is 9.90. The van der Waals surface area contributed by atoms with E-state index in [2.05, 4.69) is 4.98 Å². The van der Waals surface area contributed by atoms with Crippen LogP contribution in [0.25, 0.3) is 10.9 Å². The smallest absolute Gasteiger partial charge is 0.264 e. The molecule has 0 saturated carbocycles. The standard InChI is InChI=1S/C15H16N4O3/c1-8-17-10-5-3-4-9(16)12(10)13(21)19(8)15(2)7-6-11(20)18-14(15)22/h3-5H,6-7,16H2,1-2H3,(H,18,20,22)/i1D,6D2,7D2. The van der Waals surface area contributed by atoms with E-state index in [9.17, 15) is 14.4 Å². The molecule has 1 fully saturated rings. The van der Waals surface area contributed by atoms with Crippen molar-refractivity contribution in [2.75, 3.05) is 5.73 Å². The second kappa shape index (κ2) is 4.66. The molecular formula is C15H16N4O3. The van der Waals surface area contributed by atoms with Gasteiger partial charge in [-0.1, -0.05) is 6.07 Å². The molecule has 1 aromatic heterocycles. The van der Waals surface area contributed by atoms with Gasteiger partial charge in [-0.15, -0.1) is 0 Å². The topological polar surface area (TPSA) is 107 Å². The van der Waals surface area contributed by atoms with Gasteiger partial charge >= 0.3 is 0 Å². The van der Waals surface area contributed by atoms with Crippen LogP contribution < -0.4 is 16.6 Å². The van der Waals surface area contributed by atoms with Gasteiger partial charge in [-0.2, -0.15) is 0 Å². The fraction of sp³-hybridized carbons (Fsp3) is 0.333. The van der Waals surface area contributed by atoms with Gasteiger partial charge in [0.2, 0.25) is 5.91 Å². The molecule has 1 aliphatic heterocycles. The van der Waals surface area contributed by atoms with Gasteiger partial charge in [0.1, 0.15) is 11.4 Å². The van der Waals surface area contributed by atoms with E-state index in [1.54, 1.807) is 11.4 Å². The number of nitrogens with zero attached hydrogens (tertiary/aromatic N) is 2. The maximum atomic E-state index is 13.2. The molecule has 0 spiro atoms. The number of aromatic nitrogens is 2. The second-order valence-corrected chi connectivity index (χ2v) is 5.02. The summed E-state index contributed by atoms with van der Waals surface area (Å²) in [6.07, 6.45) is -6.24.